The van der Waals surface area contributed by atoms with Gasteiger partial charge in [-0.3, -0.25) is 9.59 Å². The zero-order valence-corrected chi connectivity index (χ0v) is 15.6. The number of fused-ring (bicyclic) bond motifs is 4. The Kier molecular flexibility index (Phi) is 3.93. The molecule has 1 saturated heterocycles. The first kappa shape index (κ1) is 16.4. The predicted octanol–water partition coefficient (Wildman–Crippen LogP) is 3.23. The number of hydrogen-bond acceptors (Lipinski definition) is 4. The molecule has 5 nitrogen and oxygen atoms in total. The van der Waals surface area contributed by atoms with E-state index in [2.05, 4.69) is 10.4 Å². The number of amides is 1. The normalized spacial score (nSPS) is 21.0. The van der Waals surface area contributed by atoms with Crippen LogP contribution < -0.4 is 5.56 Å². The summed E-state index contributed by atoms with van der Waals surface area (Å²) in [4.78, 5) is 28.2. The van der Waals surface area contributed by atoms with Crippen LogP contribution in [0.25, 0.3) is 11.1 Å². The molecule has 1 amide bonds. The van der Waals surface area contributed by atoms with E-state index in [1.54, 1.807) is 18.3 Å². The van der Waals surface area contributed by atoms with Gasteiger partial charge in [0.1, 0.15) is 4.88 Å². The monoisotopic (exact) mass is 377 g/mol. The number of nitrogens with zero attached hydrogens (tertiary/aromatic N) is 3. The number of benzene rings is 1. The van der Waals surface area contributed by atoms with Crippen LogP contribution in [0.2, 0.25) is 0 Å². The van der Waals surface area contributed by atoms with Crippen molar-refractivity contribution in [1.82, 2.24) is 13.8 Å². The van der Waals surface area contributed by atoms with Gasteiger partial charge in [-0.05, 0) is 47.1 Å². The summed E-state index contributed by atoms with van der Waals surface area (Å²) in [7, 11) is 0. The molecule has 2 aliphatic heterocycles. The lowest BCUT2D eigenvalue weighted by molar-refractivity contribution is 0.0599. The van der Waals surface area contributed by atoms with Crippen molar-refractivity contribution in [2.45, 2.75) is 18.9 Å². The summed E-state index contributed by atoms with van der Waals surface area (Å²) >= 11 is 1.24. The summed E-state index contributed by atoms with van der Waals surface area (Å²) in [5, 5.41) is 0. The van der Waals surface area contributed by atoms with Crippen LogP contribution in [-0.4, -0.2) is 32.8 Å². The standard InChI is InChI=1S/C21H19N3O2S/c25-20-10-16(15-4-2-1-3-5-15)9-18-17-8-14(12-24(18)20)11-23(13-17)21(26)19-6-7-22-27-19/h1-7,9-10,14,17H,8,11-13H2/t14-,17+/m0/s1. The summed E-state index contributed by atoms with van der Waals surface area (Å²) in [6.07, 6.45) is 2.70. The van der Waals surface area contributed by atoms with E-state index in [0.29, 0.717) is 30.4 Å². The van der Waals surface area contributed by atoms with Gasteiger partial charge >= 0.3 is 0 Å². The molecule has 27 heavy (non-hydrogen) atoms. The minimum Gasteiger partial charge on any atom is -0.337 e. The molecule has 0 unspecified atom stereocenters. The van der Waals surface area contributed by atoms with Crippen LogP contribution in [0.5, 0.6) is 0 Å². The molecule has 2 aliphatic rings. The van der Waals surface area contributed by atoms with Crippen LogP contribution in [0.15, 0.2) is 59.5 Å². The highest BCUT2D eigenvalue weighted by Crippen LogP contribution is 2.37. The Bertz CT molecular complexity index is 1040. The Hall–Kier alpha value is -2.73. The molecule has 1 aromatic carbocycles. The number of pyridine rings is 1. The van der Waals surface area contributed by atoms with Crippen LogP contribution in [0.4, 0.5) is 0 Å². The fourth-order valence-electron chi connectivity index (χ4n) is 4.40. The van der Waals surface area contributed by atoms with E-state index in [1.807, 2.05) is 39.8 Å². The zero-order chi connectivity index (χ0) is 18.4. The topological polar surface area (TPSA) is 55.2 Å². The van der Waals surface area contributed by atoms with E-state index in [4.69, 9.17) is 0 Å². The molecule has 1 fully saturated rings. The molecular formula is C21H19N3O2S. The van der Waals surface area contributed by atoms with Crippen molar-refractivity contribution in [3.8, 4) is 11.1 Å². The van der Waals surface area contributed by atoms with Gasteiger partial charge in [-0.1, -0.05) is 30.3 Å². The lowest BCUT2D eigenvalue weighted by atomic mass is 9.82. The number of carbonyl (C=O) groups is 1. The smallest absolute Gasteiger partial charge is 0.265 e. The number of likely N-dealkylation sites (tertiary alicyclic amines) is 1. The van der Waals surface area contributed by atoms with Gasteiger partial charge in [-0.15, -0.1) is 0 Å². The van der Waals surface area contributed by atoms with Gasteiger partial charge in [0.05, 0.1) is 0 Å². The molecule has 2 atom stereocenters. The third-order valence-electron chi connectivity index (χ3n) is 5.60. The maximum atomic E-state index is 12.8. The number of carbonyl (C=O) groups excluding carboxylic acids is 1. The molecular weight excluding hydrogens is 358 g/mol. The highest BCUT2D eigenvalue weighted by molar-refractivity contribution is 7.08. The molecule has 136 valence electrons. The van der Waals surface area contributed by atoms with Crippen molar-refractivity contribution in [3.63, 3.8) is 0 Å². The Morgan fingerprint density at radius 2 is 1.89 bits per heavy atom. The maximum absolute atomic E-state index is 12.8. The first-order valence-corrected chi connectivity index (χ1v) is 9.96. The van der Waals surface area contributed by atoms with Gasteiger partial charge in [0.25, 0.3) is 11.5 Å². The van der Waals surface area contributed by atoms with Crippen molar-refractivity contribution in [3.05, 3.63) is 75.7 Å². The minimum absolute atomic E-state index is 0.0576. The molecule has 0 aliphatic carbocycles. The quantitative estimate of drug-likeness (QED) is 0.689. The van der Waals surface area contributed by atoms with E-state index in [9.17, 15) is 9.59 Å². The van der Waals surface area contributed by atoms with E-state index in [0.717, 1.165) is 23.2 Å². The predicted molar refractivity (Wildman–Crippen MR) is 105 cm³/mol. The van der Waals surface area contributed by atoms with Gasteiger partial charge in [0.2, 0.25) is 0 Å². The number of piperidine rings is 1. The van der Waals surface area contributed by atoms with Crippen LogP contribution in [0.3, 0.4) is 0 Å². The summed E-state index contributed by atoms with van der Waals surface area (Å²) in [6.45, 7) is 2.05. The highest BCUT2D eigenvalue weighted by atomic mass is 32.1. The van der Waals surface area contributed by atoms with Gasteiger partial charge in [0, 0.05) is 43.5 Å². The van der Waals surface area contributed by atoms with Crippen molar-refractivity contribution in [2.24, 2.45) is 5.92 Å². The minimum atomic E-state index is 0.0576. The number of aromatic nitrogens is 2. The molecule has 0 saturated carbocycles. The lowest BCUT2D eigenvalue weighted by Crippen LogP contribution is -2.49. The summed E-state index contributed by atoms with van der Waals surface area (Å²) in [6, 6.07) is 15.7. The van der Waals surface area contributed by atoms with Crippen molar-refractivity contribution < 1.29 is 4.79 Å². The zero-order valence-electron chi connectivity index (χ0n) is 14.7. The van der Waals surface area contributed by atoms with Crippen molar-refractivity contribution in [2.75, 3.05) is 13.1 Å². The number of hydrogen-bond donors (Lipinski definition) is 0. The fourth-order valence-corrected chi connectivity index (χ4v) is 4.97. The van der Waals surface area contributed by atoms with Crippen molar-refractivity contribution >= 4 is 17.4 Å². The Morgan fingerprint density at radius 3 is 2.67 bits per heavy atom. The van der Waals surface area contributed by atoms with Crippen LogP contribution in [-0.2, 0) is 6.54 Å². The van der Waals surface area contributed by atoms with Crippen LogP contribution in [0, 0.1) is 5.92 Å². The Morgan fingerprint density at radius 1 is 1.04 bits per heavy atom. The molecule has 3 aromatic rings. The second kappa shape index (κ2) is 6.46. The van der Waals surface area contributed by atoms with E-state index in [1.165, 1.54) is 11.5 Å². The highest BCUT2D eigenvalue weighted by Gasteiger charge is 2.37. The lowest BCUT2D eigenvalue weighted by Gasteiger charge is -2.42. The van der Waals surface area contributed by atoms with Crippen LogP contribution >= 0.6 is 11.5 Å². The maximum Gasteiger partial charge on any atom is 0.265 e. The SMILES string of the molecule is O=C(c1ccns1)N1C[C@@H]2C[C@H](C1)c1cc(-c3ccccc3)cc(=O)n1C2. The molecule has 5 rings (SSSR count). The van der Waals surface area contributed by atoms with Gasteiger partial charge in [-0.2, -0.15) is 0 Å². The van der Waals surface area contributed by atoms with Gasteiger partial charge in [0.15, 0.2) is 0 Å². The van der Waals surface area contributed by atoms with E-state index in [-0.39, 0.29) is 17.4 Å². The number of rotatable bonds is 2. The van der Waals surface area contributed by atoms with Crippen LogP contribution in [0.1, 0.15) is 27.7 Å². The van der Waals surface area contributed by atoms with Crippen molar-refractivity contribution in [1.29, 1.82) is 0 Å². The summed E-state index contributed by atoms with van der Waals surface area (Å²) in [5.74, 6) is 0.585. The molecule has 4 heterocycles. The largest absolute Gasteiger partial charge is 0.337 e. The second-order valence-electron chi connectivity index (χ2n) is 7.37. The molecule has 6 heteroatoms. The summed E-state index contributed by atoms with van der Waals surface area (Å²) in [5.41, 5.74) is 3.12. The first-order valence-electron chi connectivity index (χ1n) is 9.19. The summed E-state index contributed by atoms with van der Waals surface area (Å²) < 4.78 is 5.97. The molecule has 0 spiro atoms. The molecule has 2 aromatic heterocycles. The van der Waals surface area contributed by atoms with Gasteiger partial charge in [-0.25, -0.2) is 4.37 Å². The third-order valence-corrected chi connectivity index (χ3v) is 6.33. The molecule has 0 radical (unpaired) electrons. The van der Waals surface area contributed by atoms with E-state index < -0.39 is 0 Å². The second-order valence-corrected chi connectivity index (χ2v) is 8.20. The Labute approximate surface area is 161 Å². The average Bonchev–Trinajstić information content (AvgIpc) is 3.23. The first-order chi connectivity index (χ1) is 13.2. The molecule has 0 N–H and O–H groups in total. The average molecular weight is 377 g/mol. The fraction of sp³-hybridized carbons (Fsp3) is 0.286. The third kappa shape index (κ3) is 2.90. The molecule has 2 bridgehead atoms. The van der Waals surface area contributed by atoms with Gasteiger partial charge < -0.3 is 9.47 Å². The van der Waals surface area contributed by atoms with E-state index >= 15 is 0 Å². The Balaban J connectivity index is 1.51.